The number of carbonyl (C=O) groups excluding carboxylic acids is 1. The van der Waals surface area contributed by atoms with Crippen LogP contribution < -0.4 is 0 Å². The van der Waals surface area contributed by atoms with Crippen LogP contribution in [0.15, 0.2) is 0 Å². The zero-order valence-electron chi connectivity index (χ0n) is 12.6. The van der Waals surface area contributed by atoms with E-state index >= 15 is 0 Å². The third-order valence-corrected chi connectivity index (χ3v) is 2.38. The number of hydrogen-bond donors (Lipinski definition) is 1. The molecule has 0 aliphatic carbocycles. The molecule has 0 unspecified atom stereocenters. The monoisotopic (exact) mass is 261 g/mol. The number of hydroxylamine groups is 2. The molecule has 1 amide bonds. The van der Waals surface area contributed by atoms with Gasteiger partial charge in [0.15, 0.2) is 0 Å². The van der Waals surface area contributed by atoms with Crippen molar-refractivity contribution < 1.29 is 19.5 Å². The number of ether oxygens (including phenoxy) is 2. The Morgan fingerprint density at radius 3 is 2.17 bits per heavy atom. The third kappa shape index (κ3) is 6.81. The molecule has 18 heavy (non-hydrogen) atoms. The Kier molecular flexibility index (Phi) is 6.10. The van der Waals surface area contributed by atoms with Gasteiger partial charge < -0.3 is 9.47 Å². The van der Waals surface area contributed by atoms with E-state index in [1.165, 1.54) is 0 Å². The Morgan fingerprint density at radius 2 is 1.78 bits per heavy atom. The molecule has 0 fully saturated rings. The summed E-state index contributed by atoms with van der Waals surface area (Å²) < 4.78 is 10.2. The first kappa shape index (κ1) is 17.2. The smallest absolute Gasteiger partial charge is 0.434 e. The molecule has 0 aromatic carbocycles. The van der Waals surface area contributed by atoms with Crippen LogP contribution in [0.3, 0.4) is 0 Å². The lowest BCUT2D eigenvalue weighted by Gasteiger charge is -2.32. The number of rotatable bonds is 5. The van der Waals surface area contributed by atoms with Gasteiger partial charge in [-0.2, -0.15) is 5.06 Å². The molecule has 0 rings (SSSR count). The molecule has 5 nitrogen and oxygen atoms in total. The summed E-state index contributed by atoms with van der Waals surface area (Å²) in [5, 5.41) is 10.5. The first-order valence-corrected chi connectivity index (χ1v) is 6.18. The Hall–Kier alpha value is -0.810. The summed E-state index contributed by atoms with van der Waals surface area (Å²) in [7, 11) is 1.64. The maximum atomic E-state index is 11.7. The molecule has 0 aliphatic rings. The molecule has 108 valence electrons. The lowest BCUT2D eigenvalue weighted by Crippen LogP contribution is -2.42. The van der Waals surface area contributed by atoms with Gasteiger partial charge in [-0.1, -0.05) is 13.8 Å². The maximum Gasteiger partial charge on any atom is 0.434 e. The van der Waals surface area contributed by atoms with Gasteiger partial charge in [0.05, 0.1) is 12.6 Å². The fraction of sp³-hybridized carbons (Fsp3) is 0.923. The van der Waals surface area contributed by atoms with Crippen molar-refractivity contribution >= 4 is 6.09 Å². The van der Waals surface area contributed by atoms with E-state index < -0.39 is 11.7 Å². The molecule has 0 spiro atoms. The summed E-state index contributed by atoms with van der Waals surface area (Å²) in [6, 6.07) is -0.329. The average Bonchev–Trinajstić information content (AvgIpc) is 2.12. The summed E-state index contributed by atoms with van der Waals surface area (Å²) in [5.41, 5.74) is -0.725. The van der Waals surface area contributed by atoms with Gasteiger partial charge in [-0.05, 0) is 39.5 Å². The summed E-state index contributed by atoms with van der Waals surface area (Å²) in [4.78, 5) is 11.7. The lowest BCUT2D eigenvalue weighted by atomic mass is 9.87. The molecule has 1 N–H and O–H groups in total. The fourth-order valence-corrected chi connectivity index (χ4v) is 1.82. The molecule has 0 aromatic heterocycles. The fourth-order valence-electron chi connectivity index (χ4n) is 1.82. The minimum Gasteiger partial charge on any atom is -0.442 e. The maximum absolute atomic E-state index is 11.7. The summed E-state index contributed by atoms with van der Waals surface area (Å²) in [6.07, 6.45) is -0.0976. The van der Waals surface area contributed by atoms with Gasteiger partial charge in [-0.3, -0.25) is 5.21 Å². The van der Waals surface area contributed by atoms with Crippen molar-refractivity contribution in [2.75, 3.05) is 13.7 Å². The number of methoxy groups -OCH3 is 1. The van der Waals surface area contributed by atoms with E-state index in [0.717, 1.165) is 0 Å². The largest absolute Gasteiger partial charge is 0.442 e. The Labute approximate surface area is 110 Å². The average molecular weight is 261 g/mol. The Morgan fingerprint density at radius 1 is 1.28 bits per heavy atom. The molecular formula is C13H27NO4. The van der Waals surface area contributed by atoms with E-state index in [2.05, 4.69) is 0 Å². The number of amides is 1. The van der Waals surface area contributed by atoms with Crippen molar-refractivity contribution in [3.63, 3.8) is 0 Å². The molecule has 0 saturated carbocycles. The highest BCUT2D eigenvalue weighted by molar-refractivity contribution is 5.66. The van der Waals surface area contributed by atoms with E-state index in [4.69, 9.17) is 9.47 Å². The van der Waals surface area contributed by atoms with Gasteiger partial charge in [0, 0.05) is 7.11 Å². The molecule has 1 atom stereocenters. The second kappa shape index (κ2) is 6.38. The number of nitrogens with zero attached hydrogens (tertiary/aromatic N) is 1. The van der Waals surface area contributed by atoms with Crippen LogP contribution in [0.25, 0.3) is 0 Å². The molecule has 0 aliphatic heterocycles. The van der Waals surface area contributed by atoms with Gasteiger partial charge >= 0.3 is 6.09 Å². The normalized spacial score (nSPS) is 14.2. The topological polar surface area (TPSA) is 59.0 Å². The molecule has 0 radical (unpaired) electrons. The second-order valence-corrected chi connectivity index (χ2v) is 6.48. The zero-order chi connectivity index (χ0) is 14.6. The van der Waals surface area contributed by atoms with Crippen molar-refractivity contribution in [1.29, 1.82) is 0 Å². The third-order valence-electron chi connectivity index (χ3n) is 2.38. The van der Waals surface area contributed by atoms with Crippen molar-refractivity contribution in [2.24, 2.45) is 5.41 Å². The molecule has 5 heteroatoms. The lowest BCUT2D eigenvalue weighted by molar-refractivity contribution is -0.124. The van der Waals surface area contributed by atoms with Crippen LogP contribution in [0, 0.1) is 5.41 Å². The molecule has 0 aromatic rings. The van der Waals surface area contributed by atoms with Crippen LogP contribution >= 0.6 is 0 Å². The highest BCUT2D eigenvalue weighted by atomic mass is 16.6. The molecule has 0 saturated heterocycles. The van der Waals surface area contributed by atoms with E-state index in [0.29, 0.717) is 18.1 Å². The van der Waals surface area contributed by atoms with E-state index in [1.54, 1.807) is 34.8 Å². The number of carbonyl (C=O) groups is 1. The van der Waals surface area contributed by atoms with Crippen LogP contribution in [0.2, 0.25) is 0 Å². The second-order valence-electron chi connectivity index (χ2n) is 6.48. The van der Waals surface area contributed by atoms with Gasteiger partial charge in [0.25, 0.3) is 0 Å². The van der Waals surface area contributed by atoms with Crippen molar-refractivity contribution in [3.8, 4) is 0 Å². The van der Waals surface area contributed by atoms with E-state index in [-0.39, 0.29) is 11.5 Å². The van der Waals surface area contributed by atoms with Crippen LogP contribution in [0.5, 0.6) is 0 Å². The Bertz CT molecular complexity index is 271. The van der Waals surface area contributed by atoms with Gasteiger partial charge in [-0.25, -0.2) is 4.79 Å². The van der Waals surface area contributed by atoms with Crippen molar-refractivity contribution in [2.45, 2.75) is 59.6 Å². The first-order valence-electron chi connectivity index (χ1n) is 6.18. The van der Waals surface area contributed by atoms with Crippen molar-refractivity contribution in [3.05, 3.63) is 0 Å². The first-order chi connectivity index (χ1) is 7.98. The summed E-state index contributed by atoms with van der Waals surface area (Å²) in [6.45, 7) is 11.7. The van der Waals surface area contributed by atoms with E-state index in [9.17, 15) is 10.0 Å². The van der Waals surface area contributed by atoms with Crippen LogP contribution in [-0.4, -0.2) is 41.7 Å². The summed E-state index contributed by atoms with van der Waals surface area (Å²) in [5.74, 6) is 0. The minimum absolute atomic E-state index is 0.114. The van der Waals surface area contributed by atoms with Gasteiger partial charge in [-0.15, -0.1) is 0 Å². The van der Waals surface area contributed by atoms with Crippen LogP contribution in [0.4, 0.5) is 4.79 Å². The predicted molar refractivity (Wildman–Crippen MR) is 69.6 cm³/mol. The molecule has 0 heterocycles. The molecule has 0 bridgehead atoms. The highest BCUT2D eigenvalue weighted by Gasteiger charge is 2.29. The molecular weight excluding hydrogens is 234 g/mol. The predicted octanol–water partition coefficient (Wildman–Crippen LogP) is 3.06. The van der Waals surface area contributed by atoms with Crippen molar-refractivity contribution in [1.82, 2.24) is 5.06 Å². The Balaban J connectivity index is 4.42. The van der Waals surface area contributed by atoms with Gasteiger partial charge in [0.1, 0.15) is 5.60 Å². The number of hydrogen-bond acceptors (Lipinski definition) is 4. The standard InChI is InChI=1S/C13H27NO4/c1-10(8-13(5,6)9-17-7)14(16)11(15)18-12(2,3)4/h10,16H,8-9H2,1-7H3/t10-/m0/s1. The minimum atomic E-state index is -0.719. The quantitative estimate of drug-likeness (QED) is 0.610. The summed E-state index contributed by atoms with van der Waals surface area (Å²) >= 11 is 0. The van der Waals surface area contributed by atoms with Crippen LogP contribution in [-0.2, 0) is 9.47 Å². The van der Waals surface area contributed by atoms with E-state index in [1.807, 2.05) is 13.8 Å². The highest BCUT2D eigenvalue weighted by Crippen LogP contribution is 2.25. The van der Waals surface area contributed by atoms with Crippen LogP contribution in [0.1, 0.15) is 48.0 Å². The van der Waals surface area contributed by atoms with Gasteiger partial charge in [0.2, 0.25) is 0 Å². The zero-order valence-corrected chi connectivity index (χ0v) is 12.6. The SMILES string of the molecule is COCC(C)(C)C[C@H](C)N(O)C(=O)OC(C)(C)C.